The Balaban J connectivity index is 1.80. The highest BCUT2D eigenvalue weighted by Crippen LogP contribution is 2.39. The van der Waals surface area contributed by atoms with Crippen LogP contribution in [0.4, 0.5) is 10.6 Å². The van der Waals surface area contributed by atoms with Crippen molar-refractivity contribution in [2.75, 3.05) is 24.6 Å². The van der Waals surface area contributed by atoms with E-state index in [0.717, 1.165) is 22.6 Å². The second-order valence-electron chi connectivity index (χ2n) is 7.69. The number of nitrogens with zero attached hydrogens (tertiary/aromatic N) is 3. The second kappa shape index (κ2) is 6.67. The first-order valence-corrected chi connectivity index (χ1v) is 9.57. The van der Waals surface area contributed by atoms with Gasteiger partial charge in [0, 0.05) is 24.7 Å². The topological polar surface area (TPSA) is 54.9 Å². The van der Waals surface area contributed by atoms with Crippen molar-refractivity contribution in [1.29, 1.82) is 0 Å². The molecule has 3 rings (SSSR count). The van der Waals surface area contributed by atoms with Crippen LogP contribution in [0.15, 0.2) is 10.7 Å². The molecule has 0 radical (unpaired) electrons. The summed E-state index contributed by atoms with van der Waals surface area (Å²) in [6, 6.07) is 2.48. The molecule has 2 atom stereocenters. The molecule has 2 aliphatic rings. The number of aromatic nitrogens is 1. The van der Waals surface area contributed by atoms with E-state index in [1.54, 1.807) is 0 Å². The predicted octanol–water partition coefficient (Wildman–Crippen LogP) is 3.61. The molecule has 6 nitrogen and oxygen atoms in total. The first-order valence-electron chi connectivity index (χ1n) is 8.78. The van der Waals surface area contributed by atoms with Gasteiger partial charge in [0.05, 0.1) is 12.6 Å². The molecule has 7 heteroatoms. The Morgan fingerprint density at radius 2 is 2.12 bits per heavy atom. The number of fused-ring (bicyclic) bond motifs is 3. The number of carbonyl (C=O) groups is 1. The highest BCUT2D eigenvalue weighted by Gasteiger charge is 2.41. The number of anilines is 1. The van der Waals surface area contributed by atoms with Crippen molar-refractivity contribution in [3.63, 3.8) is 0 Å². The van der Waals surface area contributed by atoms with Crippen LogP contribution in [0.2, 0.25) is 0 Å². The van der Waals surface area contributed by atoms with Crippen molar-refractivity contribution in [2.45, 2.75) is 58.7 Å². The number of hydrogen-bond acceptors (Lipinski definition) is 5. The zero-order chi connectivity index (χ0) is 18.4. The maximum Gasteiger partial charge on any atom is 0.410 e. The summed E-state index contributed by atoms with van der Waals surface area (Å²) in [5, 5.41) is 0. The van der Waals surface area contributed by atoms with E-state index >= 15 is 0 Å². The third-order valence-electron chi connectivity index (χ3n) is 4.44. The van der Waals surface area contributed by atoms with Crippen molar-refractivity contribution >= 4 is 27.8 Å². The van der Waals surface area contributed by atoms with E-state index in [9.17, 15) is 4.79 Å². The number of halogens is 1. The number of carbonyl (C=O) groups excluding carboxylic acids is 1. The summed E-state index contributed by atoms with van der Waals surface area (Å²) in [5.74, 6) is 1.77. The number of piperazine rings is 1. The zero-order valence-corrected chi connectivity index (χ0v) is 17.1. The van der Waals surface area contributed by atoms with E-state index in [1.165, 1.54) is 5.56 Å². The van der Waals surface area contributed by atoms with Gasteiger partial charge in [-0.3, -0.25) is 0 Å². The second-order valence-corrected chi connectivity index (χ2v) is 8.44. The summed E-state index contributed by atoms with van der Waals surface area (Å²) in [6.45, 7) is 11.7. The van der Waals surface area contributed by atoms with Gasteiger partial charge in [-0.2, -0.15) is 0 Å². The number of ether oxygens (including phenoxy) is 2. The van der Waals surface area contributed by atoms with Gasteiger partial charge in [0.15, 0.2) is 5.75 Å². The minimum Gasteiger partial charge on any atom is -0.491 e. The molecule has 0 aliphatic carbocycles. The third kappa shape index (κ3) is 3.71. The maximum atomic E-state index is 12.5. The largest absolute Gasteiger partial charge is 0.491 e. The van der Waals surface area contributed by atoms with Crippen LogP contribution >= 0.6 is 15.9 Å². The highest BCUT2D eigenvalue weighted by atomic mass is 79.9. The summed E-state index contributed by atoms with van der Waals surface area (Å²) < 4.78 is 11.9. The van der Waals surface area contributed by atoms with Crippen LogP contribution in [-0.4, -0.2) is 53.4 Å². The lowest BCUT2D eigenvalue weighted by molar-refractivity contribution is 0.0191. The van der Waals surface area contributed by atoms with Gasteiger partial charge in [-0.15, -0.1) is 0 Å². The quantitative estimate of drug-likeness (QED) is 0.695. The number of pyridine rings is 1. The fourth-order valence-electron chi connectivity index (χ4n) is 3.59. The number of amides is 1. The average Bonchev–Trinajstić information content (AvgIpc) is 2.84. The molecule has 0 aromatic carbocycles. The molecular weight excluding hydrogens is 386 g/mol. The van der Waals surface area contributed by atoms with Gasteiger partial charge in [-0.05, 0) is 63.0 Å². The molecular formula is C18H26BrN3O3. The van der Waals surface area contributed by atoms with Gasteiger partial charge in [0.2, 0.25) is 0 Å². The Kier molecular flexibility index (Phi) is 4.88. The molecule has 138 valence electrons. The molecule has 0 spiro atoms. The lowest BCUT2D eigenvalue weighted by Crippen LogP contribution is -2.58. The van der Waals surface area contributed by atoms with Crippen molar-refractivity contribution in [1.82, 2.24) is 9.88 Å². The van der Waals surface area contributed by atoms with Crippen molar-refractivity contribution in [3.05, 3.63) is 16.2 Å². The Morgan fingerprint density at radius 1 is 1.40 bits per heavy atom. The summed E-state index contributed by atoms with van der Waals surface area (Å²) in [5.41, 5.74) is 0.698. The average molecular weight is 412 g/mol. The Labute approximate surface area is 157 Å². The monoisotopic (exact) mass is 411 g/mol. The van der Waals surface area contributed by atoms with Crippen LogP contribution in [0, 0.1) is 0 Å². The van der Waals surface area contributed by atoms with Crippen LogP contribution in [0.5, 0.6) is 5.75 Å². The fourth-order valence-corrected chi connectivity index (χ4v) is 3.99. The minimum absolute atomic E-state index is 0.185. The van der Waals surface area contributed by atoms with Crippen LogP contribution < -0.4 is 9.64 Å². The first-order chi connectivity index (χ1) is 11.7. The maximum absolute atomic E-state index is 12.5. The zero-order valence-electron chi connectivity index (χ0n) is 15.5. The van der Waals surface area contributed by atoms with E-state index in [-0.39, 0.29) is 18.2 Å². The van der Waals surface area contributed by atoms with Crippen molar-refractivity contribution < 1.29 is 14.3 Å². The van der Waals surface area contributed by atoms with Crippen LogP contribution in [-0.2, 0) is 11.2 Å². The van der Waals surface area contributed by atoms with Gasteiger partial charge < -0.3 is 19.3 Å². The summed E-state index contributed by atoms with van der Waals surface area (Å²) in [7, 11) is 0. The molecule has 0 bridgehead atoms. The van der Waals surface area contributed by atoms with Crippen molar-refractivity contribution in [3.8, 4) is 5.75 Å². The highest BCUT2D eigenvalue weighted by molar-refractivity contribution is 9.10. The van der Waals surface area contributed by atoms with Gasteiger partial charge in [0.25, 0.3) is 0 Å². The summed E-state index contributed by atoms with van der Waals surface area (Å²) in [6.07, 6.45) is 0.623. The van der Waals surface area contributed by atoms with Crippen LogP contribution in [0.3, 0.4) is 0 Å². The van der Waals surface area contributed by atoms with Gasteiger partial charge in [-0.1, -0.05) is 0 Å². The Hall–Kier alpha value is -1.50. The smallest absolute Gasteiger partial charge is 0.410 e. The minimum atomic E-state index is -0.477. The summed E-state index contributed by atoms with van der Waals surface area (Å²) >= 11 is 3.51. The molecule has 1 aromatic heterocycles. The Bertz CT molecular complexity index is 674. The van der Waals surface area contributed by atoms with Gasteiger partial charge in [0.1, 0.15) is 16.0 Å². The molecule has 3 heterocycles. The Morgan fingerprint density at radius 3 is 2.76 bits per heavy atom. The normalized spacial score (nSPS) is 22.5. The van der Waals surface area contributed by atoms with Crippen molar-refractivity contribution in [2.24, 2.45) is 0 Å². The van der Waals surface area contributed by atoms with E-state index in [1.807, 2.05) is 32.6 Å². The molecule has 0 saturated carbocycles. The van der Waals surface area contributed by atoms with Gasteiger partial charge in [-0.25, -0.2) is 9.78 Å². The van der Waals surface area contributed by atoms with E-state index in [4.69, 9.17) is 14.5 Å². The standard InChI is InChI=1S/C18H26BrN3O3/c1-6-24-14-8-12-7-13-10-21(17(23)25-18(3,4)5)9-11(2)22(13)16(12)20-15(14)19/h8,11,13H,6-7,9-10H2,1-5H3/t11-,13-/m1/s1. The van der Waals surface area contributed by atoms with E-state index < -0.39 is 5.60 Å². The number of hydrogen-bond donors (Lipinski definition) is 0. The lowest BCUT2D eigenvalue weighted by atomic mass is 10.1. The molecule has 1 fully saturated rings. The summed E-state index contributed by atoms with van der Waals surface area (Å²) in [4.78, 5) is 21.3. The van der Waals surface area contributed by atoms with Gasteiger partial charge >= 0.3 is 6.09 Å². The number of rotatable bonds is 2. The lowest BCUT2D eigenvalue weighted by Gasteiger charge is -2.43. The molecule has 25 heavy (non-hydrogen) atoms. The molecule has 0 unspecified atom stereocenters. The van der Waals surface area contributed by atoms with E-state index in [0.29, 0.717) is 19.7 Å². The molecule has 1 aromatic rings. The molecule has 1 amide bonds. The fraction of sp³-hybridized carbons (Fsp3) is 0.667. The molecule has 0 N–H and O–H groups in total. The molecule has 1 saturated heterocycles. The first kappa shape index (κ1) is 18.3. The SMILES string of the molecule is CCOc1cc2c(nc1Br)N1[C@H](C2)CN(C(=O)OC(C)(C)C)C[C@H]1C. The molecule has 2 aliphatic heterocycles. The predicted molar refractivity (Wildman–Crippen MR) is 100 cm³/mol. The van der Waals surface area contributed by atoms with Crippen LogP contribution in [0.1, 0.15) is 40.2 Å². The third-order valence-corrected chi connectivity index (χ3v) is 5.00. The van der Waals surface area contributed by atoms with E-state index in [2.05, 4.69) is 33.8 Å². The van der Waals surface area contributed by atoms with Crippen LogP contribution in [0.25, 0.3) is 0 Å².